The van der Waals surface area contributed by atoms with Crippen molar-refractivity contribution in [2.45, 2.75) is 53.4 Å². The van der Waals surface area contributed by atoms with E-state index in [-0.39, 0.29) is 0 Å². The summed E-state index contributed by atoms with van der Waals surface area (Å²) in [4.78, 5) is 10.2. The van der Waals surface area contributed by atoms with Crippen molar-refractivity contribution in [3.8, 4) is 0 Å². The van der Waals surface area contributed by atoms with Gasteiger partial charge < -0.3 is 0 Å². The van der Waals surface area contributed by atoms with E-state index in [1.807, 2.05) is 0 Å². The summed E-state index contributed by atoms with van der Waals surface area (Å²) in [5.41, 5.74) is 0. The molecule has 0 aromatic heterocycles. The second kappa shape index (κ2) is 9.47. The van der Waals surface area contributed by atoms with E-state index in [9.17, 15) is 0 Å². The average Bonchev–Trinajstić information content (AvgIpc) is 2.14. The van der Waals surface area contributed by atoms with Crippen LogP contribution in [0.3, 0.4) is 0 Å². The van der Waals surface area contributed by atoms with Gasteiger partial charge in [0.05, 0.1) is 13.2 Å². The summed E-state index contributed by atoms with van der Waals surface area (Å²) in [6.07, 6.45) is 4.75. The minimum absolute atomic E-state index is 0.610. The molecule has 0 aromatic rings. The fraction of sp³-hybridized carbons (Fsp3) is 1.00. The van der Waals surface area contributed by atoms with Crippen LogP contribution < -0.4 is 0 Å². The molecule has 2 nitrogen and oxygen atoms in total. The molecule has 0 aliphatic rings. The van der Waals surface area contributed by atoms with E-state index < -0.39 is 0 Å². The molecule has 0 spiro atoms. The quantitative estimate of drug-likeness (QED) is 0.321. The maximum Gasteiger partial charge on any atom is 0.0847 e. The Kier molecular flexibility index (Phi) is 9.42. The third kappa shape index (κ3) is 10.0. The molecule has 0 radical (unpaired) electrons. The molecule has 0 saturated carbocycles. The molecule has 1 unspecified atom stereocenters. The first-order valence-corrected chi connectivity index (χ1v) is 5.91. The van der Waals surface area contributed by atoms with Gasteiger partial charge >= 0.3 is 0 Å². The van der Waals surface area contributed by atoms with Gasteiger partial charge in [-0.3, -0.25) is 0 Å². The molecule has 0 aliphatic heterocycles. The van der Waals surface area contributed by atoms with Crippen LogP contribution in [0, 0.1) is 11.8 Å². The van der Waals surface area contributed by atoms with Gasteiger partial charge in [0.15, 0.2) is 0 Å². The SMILES string of the molecule is CCCCOOCC(C)CCC(C)C. The van der Waals surface area contributed by atoms with Crippen LogP contribution in [0.25, 0.3) is 0 Å². The zero-order chi connectivity index (χ0) is 10.8. The van der Waals surface area contributed by atoms with E-state index in [1.54, 1.807) is 0 Å². The van der Waals surface area contributed by atoms with Crippen molar-refractivity contribution >= 4 is 0 Å². The van der Waals surface area contributed by atoms with Crippen LogP contribution in [0.2, 0.25) is 0 Å². The zero-order valence-electron chi connectivity index (χ0n) is 10.2. The van der Waals surface area contributed by atoms with Crippen molar-refractivity contribution in [3.63, 3.8) is 0 Å². The van der Waals surface area contributed by atoms with Crippen LogP contribution in [-0.4, -0.2) is 13.2 Å². The van der Waals surface area contributed by atoms with Gasteiger partial charge in [-0.15, -0.1) is 0 Å². The Morgan fingerprint density at radius 3 is 2.29 bits per heavy atom. The van der Waals surface area contributed by atoms with Gasteiger partial charge in [0.25, 0.3) is 0 Å². The fourth-order valence-corrected chi connectivity index (χ4v) is 1.13. The van der Waals surface area contributed by atoms with Crippen molar-refractivity contribution in [1.29, 1.82) is 0 Å². The molecule has 2 heteroatoms. The molecule has 0 aromatic carbocycles. The van der Waals surface area contributed by atoms with E-state index in [0.29, 0.717) is 5.92 Å². The molecule has 0 aliphatic carbocycles. The maximum atomic E-state index is 5.13. The van der Waals surface area contributed by atoms with Gasteiger partial charge in [0, 0.05) is 0 Å². The van der Waals surface area contributed by atoms with Gasteiger partial charge in [0.2, 0.25) is 0 Å². The summed E-state index contributed by atoms with van der Waals surface area (Å²) >= 11 is 0. The molecule has 0 fully saturated rings. The second-order valence-electron chi connectivity index (χ2n) is 4.54. The van der Waals surface area contributed by atoms with Crippen LogP contribution in [0.4, 0.5) is 0 Å². The number of unbranched alkanes of at least 4 members (excludes halogenated alkanes) is 1. The third-order valence-electron chi connectivity index (χ3n) is 2.25. The van der Waals surface area contributed by atoms with Crippen molar-refractivity contribution in [2.75, 3.05) is 13.2 Å². The molecule has 0 N–H and O–H groups in total. The van der Waals surface area contributed by atoms with Crippen LogP contribution in [0.5, 0.6) is 0 Å². The lowest BCUT2D eigenvalue weighted by Gasteiger charge is -2.12. The summed E-state index contributed by atoms with van der Waals surface area (Å²) in [5, 5.41) is 0. The van der Waals surface area contributed by atoms with Gasteiger partial charge in [-0.05, 0) is 24.7 Å². The number of hydrogen-bond acceptors (Lipinski definition) is 2. The van der Waals surface area contributed by atoms with Crippen molar-refractivity contribution in [3.05, 3.63) is 0 Å². The Labute approximate surface area is 88.9 Å². The fourth-order valence-electron chi connectivity index (χ4n) is 1.13. The summed E-state index contributed by atoms with van der Waals surface area (Å²) in [5.74, 6) is 1.40. The van der Waals surface area contributed by atoms with Crippen LogP contribution in [-0.2, 0) is 9.78 Å². The van der Waals surface area contributed by atoms with Gasteiger partial charge in [0.1, 0.15) is 0 Å². The highest BCUT2D eigenvalue weighted by molar-refractivity contribution is 4.53. The highest BCUT2D eigenvalue weighted by Crippen LogP contribution is 2.11. The number of rotatable bonds is 9. The van der Waals surface area contributed by atoms with Crippen LogP contribution in [0.1, 0.15) is 53.4 Å². The summed E-state index contributed by atoms with van der Waals surface area (Å²) in [6.45, 7) is 10.3. The molecular weight excluding hydrogens is 176 g/mol. The maximum absolute atomic E-state index is 5.13. The Balaban J connectivity index is 3.14. The molecule has 0 amide bonds. The van der Waals surface area contributed by atoms with E-state index in [0.717, 1.165) is 32.0 Å². The van der Waals surface area contributed by atoms with Crippen LogP contribution in [0.15, 0.2) is 0 Å². The molecule has 0 bridgehead atoms. The Morgan fingerprint density at radius 2 is 1.71 bits per heavy atom. The Morgan fingerprint density at radius 1 is 1.00 bits per heavy atom. The van der Waals surface area contributed by atoms with Crippen molar-refractivity contribution in [1.82, 2.24) is 0 Å². The lowest BCUT2D eigenvalue weighted by molar-refractivity contribution is -0.301. The highest BCUT2D eigenvalue weighted by atomic mass is 17.2. The van der Waals surface area contributed by atoms with Gasteiger partial charge in [-0.25, -0.2) is 9.78 Å². The van der Waals surface area contributed by atoms with E-state index in [1.165, 1.54) is 12.8 Å². The zero-order valence-corrected chi connectivity index (χ0v) is 10.2. The molecule has 0 heterocycles. The topological polar surface area (TPSA) is 18.5 Å². The lowest BCUT2D eigenvalue weighted by Crippen LogP contribution is -2.08. The Bertz CT molecular complexity index is 113. The average molecular weight is 202 g/mol. The monoisotopic (exact) mass is 202 g/mol. The lowest BCUT2D eigenvalue weighted by atomic mass is 10.0. The standard InChI is InChI=1S/C12H26O2/c1-5-6-9-13-14-10-12(4)8-7-11(2)3/h11-12H,5-10H2,1-4H3. The minimum atomic E-state index is 0.610. The van der Waals surface area contributed by atoms with Crippen molar-refractivity contribution in [2.24, 2.45) is 11.8 Å². The molecule has 14 heavy (non-hydrogen) atoms. The molecule has 0 rings (SSSR count). The molecule has 1 atom stereocenters. The highest BCUT2D eigenvalue weighted by Gasteiger charge is 2.04. The summed E-state index contributed by atoms with van der Waals surface area (Å²) in [7, 11) is 0. The first-order chi connectivity index (χ1) is 6.66. The molecule has 0 saturated heterocycles. The predicted octanol–water partition coefficient (Wildman–Crippen LogP) is 3.81. The normalized spacial score (nSPS) is 13.5. The Hall–Kier alpha value is -0.0800. The van der Waals surface area contributed by atoms with E-state index in [4.69, 9.17) is 9.78 Å². The smallest absolute Gasteiger partial charge is 0.0847 e. The van der Waals surface area contributed by atoms with Gasteiger partial charge in [-0.1, -0.05) is 40.5 Å². The summed E-state index contributed by atoms with van der Waals surface area (Å²) in [6, 6.07) is 0. The minimum Gasteiger partial charge on any atom is -0.237 e. The first kappa shape index (κ1) is 13.9. The predicted molar refractivity (Wildman–Crippen MR) is 60.0 cm³/mol. The largest absolute Gasteiger partial charge is 0.237 e. The molecular formula is C12H26O2. The van der Waals surface area contributed by atoms with Crippen molar-refractivity contribution < 1.29 is 9.78 Å². The van der Waals surface area contributed by atoms with Gasteiger partial charge in [-0.2, -0.15) is 0 Å². The third-order valence-corrected chi connectivity index (χ3v) is 2.25. The first-order valence-electron chi connectivity index (χ1n) is 5.91. The van der Waals surface area contributed by atoms with E-state index in [2.05, 4.69) is 27.7 Å². The summed E-state index contributed by atoms with van der Waals surface area (Å²) < 4.78 is 0. The number of hydrogen-bond donors (Lipinski definition) is 0. The van der Waals surface area contributed by atoms with E-state index >= 15 is 0 Å². The second-order valence-corrected chi connectivity index (χ2v) is 4.54. The van der Waals surface area contributed by atoms with Crippen LogP contribution >= 0.6 is 0 Å². The molecule has 86 valence electrons.